The molecule has 2 aromatic rings. The summed E-state index contributed by atoms with van der Waals surface area (Å²) in [5, 5.41) is 4.00. The van der Waals surface area contributed by atoms with Crippen molar-refractivity contribution in [3.05, 3.63) is 35.7 Å². The molecule has 1 saturated heterocycles. The molecule has 3 rings (SSSR count). The largest absolute Gasteiger partial charge is 0.369 e. The van der Waals surface area contributed by atoms with Crippen molar-refractivity contribution in [1.82, 2.24) is 19.9 Å². The Kier molecular flexibility index (Phi) is 5.85. The summed E-state index contributed by atoms with van der Waals surface area (Å²) < 4.78 is 5.29. The third-order valence-electron chi connectivity index (χ3n) is 4.89. The summed E-state index contributed by atoms with van der Waals surface area (Å²) in [6.07, 6.45) is 1.41. The van der Waals surface area contributed by atoms with Crippen LogP contribution in [-0.2, 0) is 16.1 Å². The molecule has 0 unspecified atom stereocenters. The first kappa shape index (κ1) is 19.0. The molecule has 8 heteroatoms. The van der Waals surface area contributed by atoms with Crippen molar-refractivity contribution in [1.29, 1.82) is 0 Å². The van der Waals surface area contributed by atoms with Gasteiger partial charge in [-0.15, -0.1) is 0 Å². The fourth-order valence-electron chi connectivity index (χ4n) is 3.20. The minimum absolute atomic E-state index is 0.0252. The summed E-state index contributed by atoms with van der Waals surface area (Å²) in [5.74, 6) is 0.562. The predicted molar refractivity (Wildman–Crippen MR) is 99.3 cm³/mol. The summed E-state index contributed by atoms with van der Waals surface area (Å²) in [4.78, 5) is 31.7. The molecule has 2 amide bonds. The van der Waals surface area contributed by atoms with Gasteiger partial charge in [-0.2, -0.15) is 4.98 Å². The van der Waals surface area contributed by atoms with Gasteiger partial charge in [0.1, 0.15) is 0 Å². The van der Waals surface area contributed by atoms with E-state index in [0.717, 1.165) is 11.1 Å². The predicted octanol–water partition coefficient (Wildman–Crippen LogP) is 1.20. The maximum absolute atomic E-state index is 12.5. The molecule has 0 atom stereocenters. The number of primary amides is 1. The van der Waals surface area contributed by atoms with Crippen LogP contribution < -0.4 is 5.73 Å². The van der Waals surface area contributed by atoms with Crippen LogP contribution in [0.3, 0.4) is 0 Å². The van der Waals surface area contributed by atoms with Crippen LogP contribution in [0.2, 0.25) is 0 Å². The Bertz CT molecular complexity index is 811. The van der Waals surface area contributed by atoms with Crippen molar-refractivity contribution < 1.29 is 14.1 Å². The lowest BCUT2D eigenvalue weighted by Gasteiger charge is -2.30. The van der Waals surface area contributed by atoms with Gasteiger partial charge in [0.2, 0.25) is 23.5 Å². The molecule has 2 N–H and O–H groups in total. The fraction of sp³-hybridized carbons (Fsp3) is 0.474. The van der Waals surface area contributed by atoms with Crippen LogP contribution >= 0.6 is 0 Å². The smallest absolute Gasteiger partial charge is 0.246 e. The average Bonchev–Trinajstić information content (AvgIpc) is 3.10. The maximum atomic E-state index is 12.5. The average molecular weight is 371 g/mol. The van der Waals surface area contributed by atoms with Gasteiger partial charge in [-0.3, -0.25) is 14.5 Å². The first-order valence-electron chi connectivity index (χ1n) is 9.07. The van der Waals surface area contributed by atoms with E-state index in [2.05, 4.69) is 10.1 Å². The number of likely N-dealkylation sites (N-methyl/N-ethyl adjacent to an activating group) is 1. The number of aromatic nitrogens is 2. The number of nitrogens with zero attached hydrogens (tertiary/aromatic N) is 4. The second kappa shape index (κ2) is 8.30. The molecule has 0 radical (unpaired) electrons. The van der Waals surface area contributed by atoms with E-state index in [1.807, 2.05) is 36.1 Å². The minimum Gasteiger partial charge on any atom is -0.369 e. The zero-order chi connectivity index (χ0) is 19.4. The second-order valence-electron chi connectivity index (χ2n) is 7.08. The number of likely N-dealkylation sites (tertiary alicyclic amines) is 1. The number of nitrogens with two attached hydrogens (primary N) is 1. The van der Waals surface area contributed by atoms with Gasteiger partial charge in [-0.25, -0.2) is 0 Å². The fourth-order valence-corrected chi connectivity index (χ4v) is 3.20. The zero-order valence-electron chi connectivity index (χ0n) is 15.7. The van der Waals surface area contributed by atoms with Crippen molar-refractivity contribution in [3.63, 3.8) is 0 Å². The molecule has 1 fully saturated rings. The van der Waals surface area contributed by atoms with Crippen molar-refractivity contribution >= 4 is 11.8 Å². The molecule has 27 heavy (non-hydrogen) atoms. The van der Waals surface area contributed by atoms with E-state index in [9.17, 15) is 9.59 Å². The van der Waals surface area contributed by atoms with Crippen molar-refractivity contribution in [2.75, 3.05) is 26.7 Å². The Balaban J connectivity index is 1.52. The van der Waals surface area contributed by atoms with Gasteiger partial charge < -0.3 is 15.2 Å². The number of hydrogen-bond donors (Lipinski definition) is 1. The number of carbonyl (C=O) groups excluding carboxylic acids is 2. The Hall–Kier alpha value is -2.74. The molecule has 2 heterocycles. The van der Waals surface area contributed by atoms with Crippen LogP contribution in [0, 0.1) is 12.8 Å². The Morgan fingerprint density at radius 3 is 2.74 bits per heavy atom. The van der Waals surface area contributed by atoms with E-state index in [0.29, 0.717) is 44.2 Å². The molecule has 1 aliphatic heterocycles. The number of carbonyl (C=O) groups is 2. The Morgan fingerprint density at radius 1 is 1.33 bits per heavy atom. The van der Waals surface area contributed by atoms with Crippen LogP contribution in [0.5, 0.6) is 0 Å². The van der Waals surface area contributed by atoms with Gasteiger partial charge in [0.25, 0.3) is 0 Å². The molecule has 0 saturated carbocycles. The van der Waals surface area contributed by atoms with Crippen molar-refractivity contribution in [2.24, 2.45) is 11.7 Å². The summed E-state index contributed by atoms with van der Waals surface area (Å²) in [5.41, 5.74) is 7.35. The highest BCUT2D eigenvalue weighted by Crippen LogP contribution is 2.18. The lowest BCUT2D eigenvalue weighted by atomic mass is 9.96. The highest BCUT2D eigenvalue weighted by Gasteiger charge is 2.25. The SMILES string of the molecule is Cc1cccc(-c2noc(CN(C)C(=O)CN3CCC(C(N)=O)CC3)n2)c1. The van der Waals surface area contributed by atoms with Crippen LogP contribution in [0.4, 0.5) is 0 Å². The summed E-state index contributed by atoms with van der Waals surface area (Å²) in [6, 6.07) is 7.85. The highest BCUT2D eigenvalue weighted by atomic mass is 16.5. The van der Waals surface area contributed by atoms with Gasteiger partial charge in [-0.1, -0.05) is 28.9 Å². The topological polar surface area (TPSA) is 106 Å². The summed E-state index contributed by atoms with van der Waals surface area (Å²) in [7, 11) is 1.72. The van der Waals surface area contributed by atoms with E-state index in [1.165, 1.54) is 0 Å². The lowest BCUT2D eigenvalue weighted by Crippen LogP contribution is -2.43. The van der Waals surface area contributed by atoms with E-state index in [1.54, 1.807) is 11.9 Å². The number of aryl methyl sites for hydroxylation is 1. The third kappa shape index (κ3) is 4.91. The number of rotatable bonds is 6. The van der Waals surface area contributed by atoms with Gasteiger partial charge in [0.15, 0.2) is 0 Å². The maximum Gasteiger partial charge on any atom is 0.246 e. The third-order valence-corrected chi connectivity index (χ3v) is 4.89. The number of amides is 2. The van der Waals surface area contributed by atoms with E-state index < -0.39 is 0 Å². The zero-order valence-corrected chi connectivity index (χ0v) is 15.7. The van der Waals surface area contributed by atoms with Crippen molar-refractivity contribution in [2.45, 2.75) is 26.3 Å². The number of piperidine rings is 1. The van der Waals surface area contributed by atoms with Crippen LogP contribution in [-0.4, -0.2) is 58.4 Å². The quantitative estimate of drug-likeness (QED) is 0.818. The Labute approximate surface area is 158 Å². The monoisotopic (exact) mass is 371 g/mol. The van der Waals surface area contributed by atoms with Gasteiger partial charge >= 0.3 is 0 Å². The molecule has 0 bridgehead atoms. The molecule has 0 aliphatic carbocycles. The highest BCUT2D eigenvalue weighted by molar-refractivity contribution is 5.78. The van der Waals surface area contributed by atoms with Gasteiger partial charge in [0.05, 0.1) is 13.1 Å². The number of benzene rings is 1. The first-order chi connectivity index (χ1) is 12.9. The summed E-state index contributed by atoms with van der Waals surface area (Å²) >= 11 is 0. The lowest BCUT2D eigenvalue weighted by molar-refractivity contribution is -0.132. The molecule has 0 spiro atoms. The first-order valence-corrected chi connectivity index (χ1v) is 9.07. The second-order valence-corrected chi connectivity index (χ2v) is 7.08. The molecular formula is C19H25N5O3. The molecule has 1 aromatic heterocycles. The van der Waals surface area contributed by atoms with E-state index in [-0.39, 0.29) is 24.3 Å². The standard InChI is InChI=1S/C19H25N5O3/c1-13-4-3-5-15(10-13)19-21-16(27-22-19)11-23(2)17(25)12-24-8-6-14(7-9-24)18(20)26/h3-5,10,14H,6-9,11-12H2,1-2H3,(H2,20,26). The number of hydrogen-bond acceptors (Lipinski definition) is 6. The van der Waals surface area contributed by atoms with Gasteiger partial charge in [-0.05, 0) is 38.9 Å². The van der Waals surface area contributed by atoms with E-state index in [4.69, 9.17) is 10.3 Å². The Morgan fingerprint density at radius 2 is 2.07 bits per heavy atom. The van der Waals surface area contributed by atoms with Crippen LogP contribution in [0.15, 0.2) is 28.8 Å². The van der Waals surface area contributed by atoms with E-state index >= 15 is 0 Å². The molecule has 1 aromatic carbocycles. The van der Waals surface area contributed by atoms with Gasteiger partial charge in [0, 0.05) is 18.5 Å². The molecular weight excluding hydrogens is 346 g/mol. The molecule has 144 valence electrons. The normalized spacial score (nSPS) is 15.6. The van der Waals surface area contributed by atoms with Crippen molar-refractivity contribution in [3.8, 4) is 11.4 Å². The molecule has 1 aliphatic rings. The van der Waals surface area contributed by atoms with Crippen LogP contribution in [0.1, 0.15) is 24.3 Å². The van der Waals surface area contributed by atoms with Crippen LogP contribution in [0.25, 0.3) is 11.4 Å². The summed E-state index contributed by atoms with van der Waals surface area (Å²) in [6.45, 7) is 3.97. The molecule has 8 nitrogen and oxygen atoms in total. The minimum atomic E-state index is -0.251.